The molecule has 11 heteroatoms. The molecular formula is C31H32N6O4S. The van der Waals surface area contributed by atoms with Gasteiger partial charge in [0.05, 0.1) is 29.0 Å². The van der Waals surface area contributed by atoms with Gasteiger partial charge in [-0.2, -0.15) is 0 Å². The lowest BCUT2D eigenvalue weighted by Crippen LogP contribution is -2.50. The predicted octanol–water partition coefficient (Wildman–Crippen LogP) is 5.41. The van der Waals surface area contributed by atoms with Gasteiger partial charge in [-0.15, -0.1) is 11.3 Å². The van der Waals surface area contributed by atoms with E-state index in [-0.39, 0.29) is 36.5 Å². The van der Waals surface area contributed by atoms with Crippen molar-refractivity contribution in [2.45, 2.75) is 38.3 Å². The van der Waals surface area contributed by atoms with Gasteiger partial charge in [0.25, 0.3) is 5.91 Å². The van der Waals surface area contributed by atoms with Crippen molar-refractivity contribution < 1.29 is 19.1 Å². The Kier molecular flexibility index (Phi) is 7.53. The quantitative estimate of drug-likeness (QED) is 0.255. The molecule has 10 nitrogen and oxygen atoms in total. The molecule has 0 unspecified atom stereocenters. The Morgan fingerprint density at radius 1 is 1.05 bits per heavy atom. The molecular weight excluding hydrogens is 552 g/mol. The number of carbonyl (C=O) groups is 3. The van der Waals surface area contributed by atoms with Crippen LogP contribution in [-0.2, 0) is 4.79 Å². The van der Waals surface area contributed by atoms with Crippen LogP contribution in [0, 0.1) is 6.92 Å². The molecule has 3 N–H and O–H groups in total. The molecule has 6 rings (SSSR count). The van der Waals surface area contributed by atoms with Crippen LogP contribution in [0.1, 0.15) is 34.5 Å². The van der Waals surface area contributed by atoms with Gasteiger partial charge in [-0.05, 0) is 82.2 Å². The van der Waals surface area contributed by atoms with E-state index in [4.69, 9.17) is 4.74 Å². The number of ether oxygens (including phenoxy) is 1. The number of hydrogen-bond acceptors (Lipinski definition) is 7. The number of amides is 4. The minimum atomic E-state index is -0.364. The van der Waals surface area contributed by atoms with Crippen LogP contribution in [0.2, 0.25) is 0 Å². The van der Waals surface area contributed by atoms with Crippen molar-refractivity contribution in [1.29, 1.82) is 0 Å². The number of benzene rings is 2. The summed E-state index contributed by atoms with van der Waals surface area (Å²) in [5.41, 5.74) is 2.67. The Morgan fingerprint density at radius 2 is 1.81 bits per heavy atom. The highest BCUT2D eigenvalue weighted by atomic mass is 32.1. The summed E-state index contributed by atoms with van der Waals surface area (Å²) in [5, 5.41) is 9.85. The van der Waals surface area contributed by atoms with Crippen molar-refractivity contribution in [3.05, 3.63) is 71.2 Å². The molecule has 1 saturated carbocycles. The number of urea groups is 1. The van der Waals surface area contributed by atoms with Gasteiger partial charge in [-0.1, -0.05) is 18.2 Å². The van der Waals surface area contributed by atoms with Crippen LogP contribution in [0.4, 0.5) is 21.9 Å². The maximum absolute atomic E-state index is 13.6. The number of anilines is 3. The zero-order chi connectivity index (χ0) is 29.4. The number of aromatic nitrogens is 1. The van der Waals surface area contributed by atoms with E-state index in [0.717, 1.165) is 36.0 Å². The summed E-state index contributed by atoms with van der Waals surface area (Å²) in [7, 11) is 3.68. The summed E-state index contributed by atoms with van der Waals surface area (Å²) in [5.74, 6) is 1.03. The highest BCUT2D eigenvalue weighted by molar-refractivity contribution is 7.21. The number of likely N-dealkylation sites (N-methyl/N-ethyl adjacent to an activating group) is 1. The van der Waals surface area contributed by atoms with Gasteiger partial charge in [-0.25, -0.2) is 9.78 Å². The van der Waals surface area contributed by atoms with Gasteiger partial charge in [0.2, 0.25) is 5.91 Å². The minimum absolute atomic E-state index is 0.0701. The van der Waals surface area contributed by atoms with Crippen molar-refractivity contribution in [3.8, 4) is 11.5 Å². The number of para-hydroxylation sites is 1. The standard InChI is InChI=1S/C31H32N6O4S/c1-18-16-20(41-19-8-5-4-6-9-19)12-13-23(18)37-24-14-15-32-30-26(24)27(35-31(37)40)28(42-30)29(39)34-22-11-7-10-21(22)33-25(38)17-36(2)3/h4-6,8-9,12-16,21-22H,7,10-11,17H2,1-3H3,(H,33,38)(H,34,39)(H,35,40)/t21-,22+/m0/s1. The van der Waals surface area contributed by atoms with Gasteiger partial charge in [0.1, 0.15) is 21.2 Å². The number of nitrogens with zero attached hydrogens (tertiary/aromatic N) is 3. The number of aryl methyl sites for hydroxylation is 1. The zero-order valence-corrected chi connectivity index (χ0v) is 24.5. The van der Waals surface area contributed by atoms with Crippen molar-refractivity contribution in [2.24, 2.45) is 0 Å². The van der Waals surface area contributed by atoms with E-state index < -0.39 is 0 Å². The molecule has 1 aliphatic carbocycles. The first kappa shape index (κ1) is 27.7. The highest BCUT2D eigenvalue weighted by Crippen LogP contribution is 2.46. The molecule has 1 fully saturated rings. The molecule has 2 aromatic carbocycles. The molecule has 1 aliphatic heterocycles. The van der Waals surface area contributed by atoms with Crippen molar-refractivity contribution in [2.75, 3.05) is 30.9 Å². The minimum Gasteiger partial charge on any atom is -0.457 e. The monoisotopic (exact) mass is 584 g/mol. The van der Waals surface area contributed by atoms with Gasteiger partial charge in [-0.3, -0.25) is 14.5 Å². The number of rotatable bonds is 8. The Balaban J connectivity index is 1.26. The molecule has 0 spiro atoms. The van der Waals surface area contributed by atoms with E-state index in [9.17, 15) is 14.4 Å². The Hall–Kier alpha value is -4.48. The number of hydrogen-bond donors (Lipinski definition) is 3. The molecule has 2 atom stereocenters. The molecule has 4 amide bonds. The first-order valence-electron chi connectivity index (χ1n) is 13.9. The second kappa shape index (κ2) is 11.4. The normalized spacial score (nSPS) is 17.8. The third-order valence-corrected chi connectivity index (χ3v) is 8.58. The van der Waals surface area contributed by atoms with Gasteiger partial charge < -0.3 is 25.6 Å². The van der Waals surface area contributed by atoms with Crippen LogP contribution in [0.15, 0.2) is 60.8 Å². The van der Waals surface area contributed by atoms with Crippen molar-refractivity contribution in [3.63, 3.8) is 0 Å². The molecule has 2 aromatic heterocycles. The summed E-state index contributed by atoms with van der Waals surface area (Å²) in [6, 6.07) is 16.2. The van der Waals surface area contributed by atoms with E-state index in [0.29, 0.717) is 32.5 Å². The number of nitrogens with one attached hydrogen (secondary N) is 3. The van der Waals surface area contributed by atoms with Crippen LogP contribution in [-0.4, -0.2) is 60.5 Å². The molecule has 3 heterocycles. The third-order valence-electron chi connectivity index (χ3n) is 7.48. The maximum atomic E-state index is 13.6. The topological polar surface area (TPSA) is 116 Å². The molecule has 4 aromatic rings. The smallest absolute Gasteiger partial charge is 0.331 e. The summed E-state index contributed by atoms with van der Waals surface area (Å²) < 4.78 is 5.97. The third kappa shape index (κ3) is 5.40. The summed E-state index contributed by atoms with van der Waals surface area (Å²) in [6.07, 6.45) is 4.13. The van der Waals surface area contributed by atoms with Crippen molar-refractivity contribution >= 4 is 56.5 Å². The number of thiophene rings is 1. The van der Waals surface area contributed by atoms with E-state index in [1.807, 2.05) is 74.4 Å². The molecule has 216 valence electrons. The predicted molar refractivity (Wildman–Crippen MR) is 164 cm³/mol. The lowest BCUT2D eigenvalue weighted by molar-refractivity contribution is -0.122. The average Bonchev–Trinajstić information content (AvgIpc) is 3.54. The summed E-state index contributed by atoms with van der Waals surface area (Å²) in [6.45, 7) is 2.22. The largest absolute Gasteiger partial charge is 0.457 e. The first-order valence-corrected chi connectivity index (χ1v) is 14.7. The van der Waals surface area contributed by atoms with Crippen LogP contribution in [0.3, 0.4) is 0 Å². The molecule has 42 heavy (non-hydrogen) atoms. The Morgan fingerprint density at radius 3 is 2.55 bits per heavy atom. The van der Waals surface area contributed by atoms with E-state index in [2.05, 4.69) is 20.9 Å². The number of pyridine rings is 1. The molecule has 0 saturated heterocycles. The van der Waals surface area contributed by atoms with E-state index in [1.165, 1.54) is 11.3 Å². The van der Waals surface area contributed by atoms with Crippen LogP contribution >= 0.6 is 11.3 Å². The molecule has 2 aliphatic rings. The lowest BCUT2D eigenvalue weighted by atomic mass is 10.1. The SMILES string of the molecule is Cc1cc(Oc2ccccc2)ccc1N1C(=O)Nc2c(C(=O)N[C@@H]3CCC[C@@H]3NC(=O)CN(C)C)sc3nccc1c23. The zero-order valence-electron chi connectivity index (χ0n) is 23.6. The van der Waals surface area contributed by atoms with E-state index in [1.54, 1.807) is 17.2 Å². The van der Waals surface area contributed by atoms with Crippen molar-refractivity contribution in [1.82, 2.24) is 20.5 Å². The van der Waals surface area contributed by atoms with Gasteiger partial charge >= 0.3 is 6.03 Å². The highest BCUT2D eigenvalue weighted by Gasteiger charge is 2.35. The molecule has 0 bridgehead atoms. The van der Waals surface area contributed by atoms with Crippen LogP contribution in [0.5, 0.6) is 11.5 Å². The fourth-order valence-corrected chi connectivity index (χ4v) is 6.65. The number of carbonyl (C=O) groups excluding carboxylic acids is 3. The summed E-state index contributed by atoms with van der Waals surface area (Å²) >= 11 is 1.25. The van der Waals surface area contributed by atoms with Gasteiger partial charge in [0, 0.05) is 18.3 Å². The Labute approximate surface area is 247 Å². The molecule has 0 radical (unpaired) electrons. The summed E-state index contributed by atoms with van der Waals surface area (Å²) in [4.78, 5) is 48.5. The second-order valence-corrected chi connectivity index (χ2v) is 11.9. The maximum Gasteiger partial charge on any atom is 0.331 e. The fraction of sp³-hybridized carbons (Fsp3) is 0.290. The van der Waals surface area contributed by atoms with Crippen LogP contribution < -0.4 is 25.6 Å². The van der Waals surface area contributed by atoms with Crippen LogP contribution in [0.25, 0.3) is 10.2 Å². The first-order chi connectivity index (χ1) is 20.3. The van der Waals surface area contributed by atoms with E-state index >= 15 is 0 Å². The Bertz CT molecular complexity index is 1670. The second-order valence-electron chi connectivity index (χ2n) is 10.9. The van der Waals surface area contributed by atoms with Gasteiger partial charge in [0.15, 0.2) is 0 Å². The fourth-order valence-electron chi connectivity index (χ4n) is 5.63. The lowest BCUT2D eigenvalue weighted by Gasteiger charge is -2.29. The average molecular weight is 585 g/mol.